The lowest BCUT2D eigenvalue weighted by atomic mass is 9.92. The largest absolute Gasteiger partial charge is 0.393 e. The molecule has 0 bridgehead atoms. The van der Waals surface area contributed by atoms with Crippen LogP contribution >= 0.6 is 0 Å². The number of H-pyrrole nitrogens is 1. The zero-order chi connectivity index (χ0) is 19.3. The van der Waals surface area contributed by atoms with E-state index in [2.05, 4.69) is 32.3 Å². The van der Waals surface area contributed by atoms with Gasteiger partial charge in [0.1, 0.15) is 11.5 Å². The lowest BCUT2D eigenvalue weighted by Gasteiger charge is -2.33. The summed E-state index contributed by atoms with van der Waals surface area (Å²) in [6.45, 7) is 1.76. The molecule has 8 heteroatoms. The van der Waals surface area contributed by atoms with E-state index in [1.807, 2.05) is 4.90 Å². The van der Waals surface area contributed by atoms with Crippen LogP contribution in [-0.4, -0.2) is 43.3 Å². The first-order valence-corrected chi connectivity index (χ1v) is 9.75. The molecule has 0 unspecified atom stereocenters. The predicted octanol–water partition coefficient (Wildman–Crippen LogP) is 2.00. The third-order valence-corrected chi connectivity index (χ3v) is 6.01. The Kier molecular flexibility index (Phi) is 3.88. The van der Waals surface area contributed by atoms with Crippen molar-refractivity contribution in [1.82, 2.24) is 20.2 Å². The van der Waals surface area contributed by atoms with Crippen molar-refractivity contribution in [2.45, 2.75) is 63.0 Å². The third-order valence-electron chi connectivity index (χ3n) is 6.01. The number of fused-ring (bicyclic) bond motifs is 2. The molecule has 2 aromatic rings. The Morgan fingerprint density at radius 1 is 1.36 bits per heavy atom. The Balaban J connectivity index is 1.50. The maximum absolute atomic E-state index is 13.2. The Morgan fingerprint density at radius 3 is 2.96 bits per heavy atom. The van der Waals surface area contributed by atoms with Crippen molar-refractivity contribution >= 4 is 23.4 Å². The Hall–Kier alpha value is -2.92. The summed E-state index contributed by atoms with van der Waals surface area (Å²) in [6.07, 6.45) is 7.97. The molecule has 2 aliphatic carbocycles. The van der Waals surface area contributed by atoms with Gasteiger partial charge in [0, 0.05) is 17.8 Å². The van der Waals surface area contributed by atoms with E-state index in [4.69, 9.17) is 4.98 Å². The summed E-state index contributed by atoms with van der Waals surface area (Å²) in [4.78, 5) is 24.2. The first kappa shape index (κ1) is 17.2. The molecule has 1 aliphatic heterocycles. The lowest BCUT2D eigenvalue weighted by molar-refractivity contribution is -0.121. The van der Waals surface area contributed by atoms with Crippen LogP contribution in [0.1, 0.15) is 56.7 Å². The van der Waals surface area contributed by atoms with Gasteiger partial charge < -0.3 is 10.4 Å². The highest BCUT2D eigenvalue weighted by Crippen LogP contribution is 2.57. The van der Waals surface area contributed by atoms with Crippen LogP contribution in [0.4, 0.5) is 17.5 Å². The number of amides is 1. The van der Waals surface area contributed by atoms with Gasteiger partial charge in [0.15, 0.2) is 0 Å². The third kappa shape index (κ3) is 2.58. The highest BCUT2D eigenvalue weighted by molar-refractivity contribution is 6.09. The zero-order valence-electron chi connectivity index (χ0n) is 15.7. The molecule has 144 valence electrons. The second kappa shape index (κ2) is 6.31. The number of anilines is 3. The molecular formula is C20H22N6O2. The smallest absolute Gasteiger partial charge is 0.239 e. The van der Waals surface area contributed by atoms with Crippen LogP contribution in [0.15, 0.2) is 12.4 Å². The van der Waals surface area contributed by atoms with E-state index in [1.165, 1.54) is 0 Å². The van der Waals surface area contributed by atoms with E-state index < -0.39 is 5.41 Å². The standard InChI is InChI=1S/C20H22N6O2/c1-2-4-15-16(11-22-25-15)23-19-21-10-14-17(24-19)26(18(28)20(14)7-8-20)12-5-3-6-13(27)9-12/h10-13,27H,3,5-9H2,1H3,(H,22,25)(H,21,23,24)/t12-,13-/m1/s1. The van der Waals surface area contributed by atoms with Gasteiger partial charge in [0.2, 0.25) is 11.9 Å². The molecule has 3 heterocycles. The van der Waals surface area contributed by atoms with Gasteiger partial charge in [-0.2, -0.15) is 10.1 Å². The minimum Gasteiger partial charge on any atom is -0.393 e. The van der Waals surface area contributed by atoms with Crippen LogP contribution in [0.3, 0.4) is 0 Å². The van der Waals surface area contributed by atoms with Gasteiger partial charge in [0.25, 0.3) is 0 Å². The summed E-state index contributed by atoms with van der Waals surface area (Å²) >= 11 is 0. The summed E-state index contributed by atoms with van der Waals surface area (Å²) in [5, 5.41) is 20.1. The summed E-state index contributed by atoms with van der Waals surface area (Å²) in [7, 11) is 0. The number of hydrogen-bond acceptors (Lipinski definition) is 6. The van der Waals surface area contributed by atoms with Gasteiger partial charge in [-0.3, -0.25) is 14.8 Å². The molecule has 2 fully saturated rings. The fraction of sp³-hybridized carbons (Fsp3) is 0.500. The van der Waals surface area contributed by atoms with Crippen molar-refractivity contribution in [3.63, 3.8) is 0 Å². The van der Waals surface area contributed by atoms with Gasteiger partial charge in [-0.15, -0.1) is 0 Å². The average molecular weight is 378 g/mol. The van der Waals surface area contributed by atoms with Crippen LogP contribution < -0.4 is 10.2 Å². The topological polar surface area (TPSA) is 107 Å². The fourth-order valence-corrected chi connectivity index (χ4v) is 4.44. The lowest BCUT2D eigenvalue weighted by Crippen LogP contribution is -2.44. The van der Waals surface area contributed by atoms with Gasteiger partial charge >= 0.3 is 0 Å². The Labute approximate surface area is 162 Å². The zero-order valence-corrected chi connectivity index (χ0v) is 15.7. The maximum atomic E-state index is 13.2. The fourth-order valence-electron chi connectivity index (χ4n) is 4.44. The van der Waals surface area contributed by atoms with Crippen LogP contribution in [-0.2, 0) is 10.2 Å². The van der Waals surface area contributed by atoms with Gasteiger partial charge in [-0.05, 0) is 51.4 Å². The van der Waals surface area contributed by atoms with Crippen molar-refractivity contribution in [2.24, 2.45) is 0 Å². The second-order valence-electron chi connectivity index (χ2n) is 7.82. The van der Waals surface area contributed by atoms with Crippen molar-refractivity contribution in [3.05, 3.63) is 23.7 Å². The molecule has 0 radical (unpaired) electrons. The molecule has 5 rings (SSSR count). The molecule has 8 nitrogen and oxygen atoms in total. The SMILES string of the molecule is CC#Cc1[nH]ncc1Nc1ncc2c(n1)N([C@@H]1CCC[C@@H](O)C1)C(=O)C21CC1. The number of aromatic amines is 1. The van der Waals surface area contributed by atoms with Crippen molar-refractivity contribution < 1.29 is 9.90 Å². The van der Waals surface area contributed by atoms with Crippen LogP contribution in [0.2, 0.25) is 0 Å². The molecule has 0 aromatic carbocycles. The maximum Gasteiger partial charge on any atom is 0.239 e. The molecule has 1 amide bonds. The Morgan fingerprint density at radius 2 is 2.21 bits per heavy atom. The van der Waals surface area contributed by atoms with Crippen molar-refractivity contribution in [1.29, 1.82) is 0 Å². The summed E-state index contributed by atoms with van der Waals surface area (Å²) in [5.74, 6) is 7.00. The van der Waals surface area contributed by atoms with Gasteiger partial charge in [-0.1, -0.05) is 5.92 Å². The first-order chi connectivity index (χ1) is 13.6. The Bertz CT molecular complexity index is 1000. The molecular weight excluding hydrogens is 356 g/mol. The highest BCUT2D eigenvalue weighted by Gasteiger charge is 2.61. The second-order valence-corrected chi connectivity index (χ2v) is 7.82. The number of aliphatic hydroxyl groups is 1. The number of aromatic nitrogens is 4. The van der Waals surface area contributed by atoms with Crippen molar-refractivity contribution in [2.75, 3.05) is 10.2 Å². The quantitative estimate of drug-likeness (QED) is 0.705. The normalized spacial score (nSPS) is 24.6. The minimum atomic E-state index is -0.440. The molecule has 2 saturated carbocycles. The molecule has 28 heavy (non-hydrogen) atoms. The summed E-state index contributed by atoms with van der Waals surface area (Å²) in [6, 6.07) is -0.00632. The number of aliphatic hydroxyl groups excluding tert-OH is 1. The molecule has 2 aromatic heterocycles. The molecule has 1 spiro atoms. The average Bonchev–Trinajstić information content (AvgIpc) is 3.32. The van der Waals surface area contributed by atoms with E-state index in [-0.39, 0.29) is 18.1 Å². The van der Waals surface area contributed by atoms with E-state index in [0.29, 0.717) is 29.6 Å². The number of nitrogens with zero attached hydrogens (tertiary/aromatic N) is 4. The molecule has 3 N–H and O–H groups in total. The summed E-state index contributed by atoms with van der Waals surface area (Å²) in [5.41, 5.74) is 1.84. The number of hydrogen-bond donors (Lipinski definition) is 3. The molecule has 2 atom stereocenters. The van der Waals surface area contributed by atoms with E-state index in [0.717, 1.165) is 37.7 Å². The van der Waals surface area contributed by atoms with E-state index >= 15 is 0 Å². The predicted molar refractivity (Wildman–Crippen MR) is 103 cm³/mol. The number of carbonyl (C=O) groups excluding carboxylic acids is 1. The molecule has 0 saturated heterocycles. The van der Waals surface area contributed by atoms with Crippen LogP contribution in [0.5, 0.6) is 0 Å². The first-order valence-electron chi connectivity index (χ1n) is 9.75. The van der Waals surface area contributed by atoms with Gasteiger partial charge in [-0.25, -0.2) is 4.98 Å². The van der Waals surface area contributed by atoms with Crippen molar-refractivity contribution in [3.8, 4) is 11.8 Å². The minimum absolute atomic E-state index is 0.00632. The van der Waals surface area contributed by atoms with Crippen LogP contribution in [0, 0.1) is 11.8 Å². The molecule has 3 aliphatic rings. The highest BCUT2D eigenvalue weighted by atomic mass is 16.3. The van der Waals surface area contributed by atoms with E-state index in [9.17, 15) is 9.90 Å². The van der Waals surface area contributed by atoms with Crippen LogP contribution in [0.25, 0.3) is 0 Å². The monoisotopic (exact) mass is 378 g/mol. The van der Waals surface area contributed by atoms with Gasteiger partial charge in [0.05, 0.1) is 23.4 Å². The number of nitrogens with one attached hydrogen (secondary N) is 2. The number of carbonyl (C=O) groups is 1. The van der Waals surface area contributed by atoms with E-state index in [1.54, 1.807) is 19.3 Å². The number of rotatable bonds is 3. The summed E-state index contributed by atoms with van der Waals surface area (Å²) < 4.78 is 0.